The molecule has 0 unspecified atom stereocenters. The van der Waals surface area contributed by atoms with Gasteiger partial charge in [-0.05, 0) is 125 Å². The molecule has 0 saturated heterocycles. The maximum atomic E-state index is 5.85. The van der Waals surface area contributed by atoms with Gasteiger partial charge in [-0.3, -0.25) is 0 Å². The molecule has 5 aromatic heterocycles. The van der Waals surface area contributed by atoms with Crippen molar-refractivity contribution in [1.82, 2.24) is 39.0 Å². The van der Waals surface area contributed by atoms with Crippen molar-refractivity contribution in [2.45, 2.75) is 157 Å². The van der Waals surface area contributed by atoms with Crippen LogP contribution < -0.4 is 0 Å². The lowest BCUT2D eigenvalue weighted by Gasteiger charge is -2.26. The normalized spacial score (nSPS) is 13.7. The molecule has 8 bridgehead atoms. The molecular weight excluding hydrogens is 953 g/mol. The van der Waals surface area contributed by atoms with Crippen molar-refractivity contribution >= 4 is 45.9 Å². The van der Waals surface area contributed by atoms with Crippen molar-refractivity contribution < 1.29 is 0 Å². The van der Waals surface area contributed by atoms with Gasteiger partial charge in [0.05, 0.1) is 28.3 Å². The lowest BCUT2D eigenvalue weighted by Crippen LogP contribution is -2.16. The number of rotatable bonds is 5. The molecule has 0 spiro atoms. The smallest absolute Gasteiger partial charge is 0.141 e. The van der Waals surface area contributed by atoms with Crippen molar-refractivity contribution in [1.29, 1.82) is 0 Å². The highest BCUT2D eigenvalue weighted by atomic mass is 15.0. The molecule has 2 aliphatic heterocycles. The summed E-state index contributed by atoms with van der Waals surface area (Å²) < 4.78 is 4.18. The Hall–Kier alpha value is -7.32. The second-order valence-electron chi connectivity index (χ2n) is 28.3. The van der Waals surface area contributed by atoms with Crippen LogP contribution in [0.5, 0.6) is 0 Å². The number of aryl methyl sites for hydroxylation is 2. The highest BCUT2D eigenvalue weighted by Crippen LogP contribution is 2.44. The van der Waals surface area contributed by atoms with Gasteiger partial charge in [0.1, 0.15) is 11.6 Å². The molecule has 8 nitrogen and oxygen atoms in total. The minimum atomic E-state index is -0.123. The van der Waals surface area contributed by atoms with E-state index in [0.717, 1.165) is 101 Å². The lowest BCUT2D eigenvalue weighted by atomic mass is 9.78. The second kappa shape index (κ2) is 18.7. The van der Waals surface area contributed by atoms with Gasteiger partial charge >= 0.3 is 0 Å². The summed E-state index contributed by atoms with van der Waals surface area (Å²) in [5.41, 5.74) is 22.3. The molecule has 0 amide bonds. The van der Waals surface area contributed by atoms with Gasteiger partial charge in [-0.2, -0.15) is 0 Å². The first kappa shape index (κ1) is 54.1. The third-order valence-electron chi connectivity index (χ3n) is 15.8. The predicted octanol–water partition coefficient (Wildman–Crippen LogP) is 18.0. The van der Waals surface area contributed by atoms with E-state index in [0.29, 0.717) is 0 Å². The number of imidazole rings is 2. The molecule has 8 aromatic rings. The number of nitrogens with zero attached hydrogens (tertiary/aromatic N) is 6. The first-order chi connectivity index (χ1) is 36.2. The largest absolute Gasteiger partial charge is 0.354 e. The summed E-state index contributed by atoms with van der Waals surface area (Å²) >= 11 is 0. The quantitative estimate of drug-likeness (QED) is 0.180. The molecule has 2 aliphatic rings. The van der Waals surface area contributed by atoms with E-state index in [4.69, 9.17) is 19.9 Å². The third-order valence-corrected chi connectivity index (χ3v) is 15.8. The lowest BCUT2D eigenvalue weighted by molar-refractivity contribution is 0.568. The zero-order chi connectivity index (χ0) is 56.4. The fourth-order valence-electron chi connectivity index (χ4n) is 10.7. The van der Waals surface area contributed by atoms with E-state index in [1.807, 2.05) is 24.8 Å². The number of benzene rings is 3. The maximum Gasteiger partial charge on any atom is 0.141 e. The van der Waals surface area contributed by atoms with E-state index in [1.165, 1.54) is 33.4 Å². The summed E-state index contributed by atoms with van der Waals surface area (Å²) in [6, 6.07) is 30.5. The van der Waals surface area contributed by atoms with Crippen LogP contribution in [0.15, 0.2) is 104 Å². The Kier molecular flexibility index (Phi) is 12.9. The first-order valence-electron chi connectivity index (χ1n) is 27.9. The minimum Gasteiger partial charge on any atom is -0.354 e. The highest BCUT2D eigenvalue weighted by molar-refractivity contribution is 6.02. The molecule has 78 heavy (non-hydrogen) atoms. The summed E-state index contributed by atoms with van der Waals surface area (Å²) in [6.07, 6.45) is 14.5. The monoisotopic (exact) mass is 1030 g/mol. The van der Waals surface area contributed by atoms with Gasteiger partial charge in [0, 0.05) is 83.3 Å². The van der Waals surface area contributed by atoms with Crippen LogP contribution in [0, 0.1) is 0 Å². The Morgan fingerprint density at radius 2 is 0.731 bits per heavy atom. The van der Waals surface area contributed by atoms with E-state index < -0.39 is 0 Å². The van der Waals surface area contributed by atoms with Gasteiger partial charge in [0.2, 0.25) is 0 Å². The Morgan fingerprint density at radius 1 is 0.372 bits per heavy atom. The van der Waals surface area contributed by atoms with Crippen LogP contribution in [0.1, 0.15) is 187 Å². The molecule has 0 radical (unpaired) electrons. The fraction of sp³-hybridized carbons (Fsp3) is 0.371. The average molecular weight is 1040 g/mol. The number of H-pyrrole nitrogens is 2. The molecule has 3 aromatic carbocycles. The topological polar surface area (TPSA) is 93.0 Å². The second-order valence-corrected chi connectivity index (χ2v) is 28.3. The van der Waals surface area contributed by atoms with Gasteiger partial charge < -0.3 is 19.1 Å². The summed E-state index contributed by atoms with van der Waals surface area (Å²) in [4.78, 5) is 29.8. The van der Waals surface area contributed by atoms with Gasteiger partial charge in [-0.15, -0.1) is 0 Å². The maximum absolute atomic E-state index is 5.85. The van der Waals surface area contributed by atoms with Crippen LogP contribution in [0.2, 0.25) is 0 Å². The van der Waals surface area contributed by atoms with Crippen LogP contribution in [0.4, 0.5) is 0 Å². The van der Waals surface area contributed by atoms with Crippen molar-refractivity contribution in [2.24, 2.45) is 14.1 Å². The molecule has 0 atom stereocenters. The van der Waals surface area contributed by atoms with Crippen LogP contribution in [-0.4, -0.2) is 39.0 Å². The van der Waals surface area contributed by atoms with Crippen LogP contribution in [-0.2, 0) is 46.6 Å². The standard InChI is InChI=1S/C70H82N8/c1-65(2,3)44-29-41(30-45(35-44)66(4,5)6)60-52-21-23-54(73-52)61(42-31-46(67(7,8)9)36-47(32-42)68(10,11)12)58-38-50(63-71-25-27-77(63)19)56(75-58)40-57-51(64-72-26-28-78(64)20)39-59(76-57)62(55-24-22-53(60)74-55)43-33-48(69(13,14)15)37-49(34-43)70(16,17)18/h21-40,73,76H,1-20H3. The van der Waals surface area contributed by atoms with Crippen molar-refractivity contribution in [2.75, 3.05) is 0 Å². The Morgan fingerprint density at radius 3 is 1.10 bits per heavy atom. The molecular formula is C70H82N8. The number of fused-ring (bicyclic) bond motifs is 8. The molecule has 2 N–H and O–H groups in total. The van der Waals surface area contributed by atoms with Crippen molar-refractivity contribution in [3.05, 3.63) is 166 Å². The van der Waals surface area contributed by atoms with Crippen molar-refractivity contribution in [3.63, 3.8) is 0 Å². The van der Waals surface area contributed by atoms with E-state index in [9.17, 15) is 0 Å². The summed E-state index contributed by atoms with van der Waals surface area (Å²) in [7, 11) is 4.12. The van der Waals surface area contributed by atoms with E-state index in [1.54, 1.807) is 0 Å². The van der Waals surface area contributed by atoms with Gasteiger partial charge in [-0.25, -0.2) is 19.9 Å². The summed E-state index contributed by atoms with van der Waals surface area (Å²) in [6.45, 7) is 41.5. The third kappa shape index (κ3) is 10.3. The van der Waals surface area contributed by atoms with Crippen LogP contribution >= 0.6 is 0 Å². The number of nitrogens with one attached hydrogen (secondary N) is 2. The van der Waals surface area contributed by atoms with Crippen LogP contribution in [0.25, 0.3) is 90.6 Å². The predicted molar refractivity (Wildman–Crippen MR) is 331 cm³/mol. The van der Waals surface area contributed by atoms with Gasteiger partial charge in [-0.1, -0.05) is 179 Å². The number of hydrogen-bond donors (Lipinski definition) is 2. The van der Waals surface area contributed by atoms with Crippen LogP contribution in [0.3, 0.4) is 0 Å². The Bertz CT molecular complexity index is 3830. The molecule has 10 rings (SSSR count). The molecule has 402 valence electrons. The molecule has 7 heterocycles. The minimum absolute atomic E-state index is 0.118. The Labute approximate surface area is 464 Å². The summed E-state index contributed by atoms with van der Waals surface area (Å²) in [5.74, 6) is 1.66. The van der Waals surface area contributed by atoms with E-state index in [2.05, 4.69) is 255 Å². The molecule has 8 heteroatoms. The molecule has 0 saturated carbocycles. The van der Waals surface area contributed by atoms with Gasteiger partial charge in [0.25, 0.3) is 0 Å². The zero-order valence-electron chi connectivity index (χ0n) is 50.2. The number of aromatic amines is 2. The van der Waals surface area contributed by atoms with Crippen molar-refractivity contribution in [3.8, 4) is 44.8 Å². The molecule has 0 fully saturated rings. The fourth-order valence-corrected chi connectivity index (χ4v) is 10.7. The summed E-state index contributed by atoms with van der Waals surface area (Å²) in [5, 5.41) is 0. The zero-order valence-corrected chi connectivity index (χ0v) is 50.2. The Balaban J connectivity index is 1.47. The van der Waals surface area contributed by atoms with Gasteiger partial charge in [0.15, 0.2) is 0 Å². The first-order valence-corrected chi connectivity index (χ1v) is 27.9. The number of hydrogen-bond acceptors (Lipinski definition) is 4. The number of aromatic nitrogens is 8. The van der Waals surface area contributed by atoms with E-state index in [-0.39, 0.29) is 32.5 Å². The SMILES string of the molecule is Cn1ccnc1C1=Cc2nc1cc1[nH]c(cc1-c1nccn1C)c(-c1cc(C(C)(C)C)cc(C(C)(C)C)c1)c1nc(c(-c3cc(C(C)(C)C)cc(C(C)(C)C)c3)c3ccc([nH]3)c2-c2cc(C(C)(C)C)cc(C(C)(C)C)c2)C=C1. The molecule has 0 aliphatic carbocycles. The highest BCUT2D eigenvalue weighted by Gasteiger charge is 2.29. The average Bonchev–Trinajstić information content (AvgIpc) is 4.29. The van der Waals surface area contributed by atoms with E-state index >= 15 is 0 Å².